The van der Waals surface area contributed by atoms with Gasteiger partial charge in [0, 0.05) is 17.6 Å². The summed E-state index contributed by atoms with van der Waals surface area (Å²) in [5.41, 5.74) is 1.66. The predicted molar refractivity (Wildman–Crippen MR) is 90.8 cm³/mol. The van der Waals surface area contributed by atoms with E-state index in [1.807, 2.05) is 18.2 Å². The number of rotatable bonds is 3. The Kier molecular flexibility index (Phi) is 3.53. The smallest absolute Gasteiger partial charge is 0.319 e. The summed E-state index contributed by atoms with van der Waals surface area (Å²) < 4.78 is 23.9. The summed E-state index contributed by atoms with van der Waals surface area (Å²) in [7, 11) is -2.99. The van der Waals surface area contributed by atoms with Gasteiger partial charge in [-0.3, -0.25) is 0 Å². The summed E-state index contributed by atoms with van der Waals surface area (Å²) in [5, 5.41) is 6.68. The molecule has 0 radical (unpaired) electrons. The third-order valence-electron chi connectivity index (χ3n) is 4.16. The summed E-state index contributed by atoms with van der Waals surface area (Å²) in [5.74, 6) is 0.796. The minimum Gasteiger partial charge on any atom is -0.334 e. The highest BCUT2D eigenvalue weighted by Crippen LogP contribution is 2.43. The number of hydrogen-bond acceptors (Lipinski definition) is 5. The van der Waals surface area contributed by atoms with Gasteiger partial charge in [-0.2, -0.15) is 0 Å². The molecular formula is C15H17N3O3S2. The molecule has 1 aliphatic heterocycles. The molecule has 2 fully saturated rings. The van der Waals surface area contributed by atoms with Crippen molar-refractivity contribution in [1.82, 2.24) is 10.3 Å². The van der Waals surface area contributed by atoms with Crippen LogP contribution in [0.3, 0.4) is 0 Å². The van der Waals surface area contributed by atoms with Crippen LogP contribution in [0.25, 0.3) is 10.2 Å². The van der Waals surface area contributed by atoms with Crippen molar-refractivity contribution in [3.05, 3.63) is 23.2 Å². The largest absolute Gasteiger partial charge is 0.334 e. The number of anilines is 1. The van der Waals surface area contributed by atoms with Crippen LogP contribution < -0.4 is 10.6 Å². The lowest BCUT2D eigenvalue weighted by molar-refractivity contribution is 0.249. The highest BCUT2D eigenvalue weighted by atomic mass is 32.2. The molecule has 2 aliphatic rings. The van der Waals surface area contributed by atoms with Crippen LogP contribution in [0.5, 0.6) is 0 Å². The number of aromatic nitrogens is 1. The van der Waals surface area contributed by atoms with E-state index in [4.69, 9.17) is 0 Å². The van der Waals surface area contributed by atoms with Crippen molar-refractivity contribution in [3.63, 3.8) is 0 Å². The number of hydrogen-bond donors (Lipinski definition) is 2. The molecule has 2 amide bonds. The molecule has 0 bridgehead atoms. The van der Waals surface area contributed by atoms with Crippen LogP contribution in [0.15, 0.2) is 18.2 Å². The van der Waals surface area contributed by atoms with Gasteiger partial charge in [0.2, 0.25) is 0 Å². The van der Waals surface area contributed by atoms with Crippen LogP contribution >= 0.6 is 11.3 Å². The lowest BCUT2D eigenvalue weighted by Gasteiger charge is -2.12. The van der Waals surface area contributed by atoms with E-state index in [1.54, 1.807) is 11.3 Å². The maximum atomic E-state index is 12.0. The number of carbonyl (C=O) groups excluding carboxylic acids is 1. The van der Waals surface area contributed by atoms with Crippen LogP contribution in [0.2, 0.25) is 0 Å². The van der Waals surface area contributed by atoms with Crippen molar-refractivity contribution >= 4 is 43.1 Å². The lowest BCUT2D eigenvalue weighted by Crippen LogP contribution is -2.38. The van der Waals surface area contributed by atoms with Crippen LogP contribution in [0.1, 0.15) is 30.2 Å². The average Bonchev–Trinajstić information content (AvgIpc) is 3.16. The maximum Gasteiger partial charge on any atom is 0.319 e. The minimum atomic E-state index is -2.99. The van der Waals surface area contributed by atoms with E-state index in [0.29, 0.717) is 18.0 Å². The van der Waals surface area contributed by atoms with Gasteiger partial charge in [-0.15, -0.1) is 11.3 Å². The Bertz CT molecular complexity index is 871. The SMILES string of the molecule is O=C(Nc1ccc2nc(C3CC3)sc2c1)NC1CCS(=O)(=O)C1. The number of fused-ring (bicyclic) bond motifs is 1. The second-order valence-corrected chi connectivity index (χ2v) is 9.50. The first-order chi connectivity index (χ1) is 11.0. The van der Waals surface area contributed by atoms with Crippen molar-refractivity contribution in [1.29, 1.82) is 0 Å². The second-order valence-electron chi connectivity index (χ2n) is 6.21. The standard InChI is InChI=1S/C15H17N3O3S2/c19-15(17-11-5-6-23(20,21)8-11)16-10-3-4-12-13(7-10)22-14(18-12)9-1-2-9/h3-4,7,9,11H,1-2,5-6,8H2,(H2,16,17,19). The number of nitrogens with one attached hydrogen (secondary N) is 2. The lowest BCUT2D eigenvalue weighted by atomic mass is 10.2. The zero-order chi connectivity index (χ0) is 16.0. The van der Waals surface area contributed by atoms with E-state index >= 15 is 0 Å². The van der Waals surface area contributed by atoms with E-state index in [2.05, 4.69) is 15.6 Å². The number of urea groups is 1. The first kappa shape index (κ1) is 14.9. The summed E-state index contributed by atoms with van der Waals surface area (Å²) >= 11 is 1.68. The first-order valence-electron chi connectivity index (χ1n) is 7.67. The fourth-order valence-electron chi connectivity index (χ4n) is 2.79. The van der Waals surface area contributed by atoms with Gasteiger partial charge in [-0.1, -0.05) is 0 Å². The van der Waals surface area contributed by atoms with Gasteiger partial charge < -0.3 is 10.6 Å². The highest BCUT2D eigenvalue weighted by molar-refractivity contribution is 7.91. The van der Waals surface area contributed by atoms with Crippen LogP contribution in [0.4, 0.5) is 10.5 Å². The zero-order valence-electron chi connectivity index (χ0n) is 12.4. The number of thiazole rings is 1. The molecule has 122 valence electrons. The number of nitrogens with zero attached hydrogens (tertiary/aromatic N) is 1. The highest BCUT2D eigenvalue weighted by Gasteiger charge is 2.29. The van der Waals surface area contributed by atoms with Gasteiger partial charge in [0.25, 0.3) is 0 Å². The van der Waals surface area contributed by atoms with Crippen LogP contribution in [-0.2, 0) is 9.84 Å². The van der Waals surface area contributed by atoms with E-state index in [0.717, 1.165) is 10.2 Å². The number of carbonyl (C=O) groups is 1. The zero-order valence-corrected chi connectivity index (χ0v) is 14.0. The predicted octanol–water partition coefficient (Wildman–Crippen LogP) is 2.48. The molecule has 23 heavy (non-hydrogen) atoms. The van der Waals surface area contributed by atoms with Gasteiger partial charge >= 0.3 is 6.03 Å². The van der Waals surface area contributed by atoms with E-state index in [9.17, 15) is 13.2 Å². The number of amides is 2. The van der Waals surface area contributed by atoms with Crippen LogP contribution in [0, 0.1) is 0 Å². The van der Waals surface area contributed by atoms with Gasteiger partial charge in [0.05, 0.1) is 26.7 Å². The quantitative estimate of drug-likeness (QED) is 0.889. The molecule has 2 heterocycles. The molecular weight excluding hydrogens is 334 g/mol. The molecule has 8 heteroatoms. The fraction of sp³-hybridized carbons (Fsp3) is 0.467. The van der Waals surface area contributed by atoms with Gasteiger partial charge in [0.1, 0.15) is 0 Å². The molecule has 1 aromatic carbocycles. The van der Waals surface area contributed by atoms with Crippen molar-refractivity contribution in [2.75, 3.05) is 16.8 Å². The monoisotopic (exact) mass is 351 g/mol. The molecule has 6 nitrogen and oxygen atoms in total. The molecule has 4 rings (SSSR count). The van der Waals surface area contributed by atoms with Gasteiger partial charge in [0.15, 0.2) is 9.84 Å². The molecule has 1 atom stereocenters. The molecule has 1 unspecified atom stereocenters. The van der Waals surface area contributed by atoms with Gasteiger partial charge in [-0.05, 0) is 37.5 Å². The van der Waals surface area contributed by atoms with E-state index in [-0.39, 0.29) is 23.6 Å². The second kappa shape index (κ2) is 5.45. The molecule has 1 saturated carbocycles. The number of benzene rings is 1. The number of sulfone groups is 1. The van der Waals surface area contributed by atoms with Crippen molar-refractivity contribution in [3.8, 4) is 0 Å². The van der Waals surface area contributed by atoms with Crippen molar-refractivity contribution in [2.45, 2.75) is 31.2 Å². The van der Waals surface area contributed by atoms with E-state index in [1.165, 1.54) is 17.8 Å². The Morgan fingerprint density at radius 3 is 2.78 bits per heavy atom. The molecule has 0 spiro atoms. The fourth-order valence-corrected chi connectivity index (χ4v) is 5.64. The normalized spacial score (nSPS) is 23.0. The Balaban J connectivity index is 1.43. The summed E-state index contributed by atoms with van der Waals surface area (Å²) in [6, 6.07) is 4.99. The maximum absolute atomic E-state index is 12.0. The molecule has 2 aromatic rings. The van der Waals surface area contributed by atoms with Gasteiger partial charge in [-0.25, -0.2) is 18.2 Å². The summed E-state index contributed by atoms with van der Waals surface area (Å²) in [6.07, 6.45) is 2.92. The van der Waals surface area contributed by atoms with E-state index < -0.39 is 9.84 Å². The first-order valence-corrected chi connectivity index (χ1v) is 10.3. The third kappa shape index (κ3) is 3.32. The summed E-state index contributed by atoms with van der Waals surface area (Å²) in [4.78, 5) is 16.6. The topological polar surface area (TPSA) is 88.2 Å². The summed E-state index contributed by atoms with van der Waals surface area (Å²) in [6.45, 7) is 0. The molecule has 2 N–H and O–H groups in total. The Hall–Kier alpha value is -1.67. The molecule has 1 aromatic heterocycles. The van der Waals surface area contributed by atoms with Crippen LogP contribution in [-0.4, -0.2) is 37.0 Å². The van der Waals surface area contributed by atoms with Crippen molar-refractivity contribution < 1.29 is 13.2 Å². The molecule has 1 saturated heterocycles. The molecule has 1 aliphatic carbocycles. The minimum absolute atomic E-state index is 0.0268. The Labute approximate surface area is 138 Å². The van der Waals surface area contributed by atoms with Crippen molar-refractivity contribution in [2.24, 2.45) is 0 Å². The Morgan fingerprint density at radius 1 is 1.26 bits per heavy atom. The third-order valence-corrected chi connectivity index (χ3v) is 7.11. The average molecular weight is 351 g/mol. The Morgan fingerprint density at radius 2 is 2.09 bits per heavy atom.